The SMILES string of the molecule is Cc1[nH]n(-c2cccc(Cl)c2)c(=O)c1/C=C1/C=Nc2ccccc21. The Morgan fingerprint density at radius 1 is 1.17 bits per heavy atom. The molecule has 0 saturated carbocycles. The largest absolute Gasteiger partial charge is 0.295 e. The molecule has 4 nitrogen and oxygen atoms in total. The summed E-state index contributed by atoms with van der Waals surface area (Å²) in [6.07, 6.45) is 3.67. The van der Waals surface area contributed by atoms with E-state index >= 15 is 0 Å². The molecule has 118 valence electrons. The van der Waals surface area contributed by atoms with Gasteiger partial charge in [-0.15, -0.1) is 0 Å². The van der Waals surface area contributed by atoms with Gasteiger partial charge in [0.2, 0.25) is 0 Å². The van der Waals surface area contributed by atoms with Crippen molar-refractivity contribution in [2.45, 2.75) is 6.92 Å². The van der Waals surface area contributed by atoms with Crippen LogP contribution in [0.1, 0.15) is 16.8 Å². The van der Waals surface area contributed by atoms with Crippen molar-refractivity contribution >= 4 is 35.2 Å². The van der Waals surface area contributed by atoms with E-state index in [9.17, 15) is 4.79 Å². The van der Waals surface area contributed by atoms with Crippen molar-refractivity contribution in [2.75, 3.05) is 0 Å². The van der Waals surface area contributed by atoms with Gasteiger partial charge in [0.25, 0.3) is 5.56 Å². The maximum atomic E-state index is 12.8. The average molecular weight is 336 g/mol. The Morgan fingerprint density at radius 2 is 2.00 bits per heavy atom. The first kappa shape index (κ1) is 14.7. The van der Waals surface area contributed by atoms with Crippen molar-refractivity contribution in [3.63, 3.8) is 0 Å². The summed E-state index contributed by atoms with van der Waals surface area (Å²) < 4.78 is 1.51. The number of halogens is 1. The van der Waals surface area contributed by atoms with E-state index in [4.69, 9.17) is 11.6 Å². The van der Waals surface area contributed by atoms with Gasteiger partial charge in [0.1, 0.15) is 0 Å². The molecule has 3 aromatic rings. The minimum atomic E-state index is -0.111. The minimum absolute atomic E-state index is 0.111. The number of aliphatic imine (C=N–C) groups is 1. The second-order valence-corrected chi connectivity index (χ2v) is 6.08. The van der Waals surface area contributed by atoms with E-state index in [-0.39, 0.29) is 5.56 Å². The molecule has 1 aliphatic rings. The molecular weight excluding hydrogens is 322 g/mol. The van der Waals surface area contributed by atoms with Crippen LogP contribution in [0.25, 0.3) is 17.3 Å². The third-order valence-corrected chi connectivity index (χ3v) is 4.28. The maximum absolute atomic E-state index is 12.8. The van der Waals surface area contributed by atoms with E-state index in [0.29, 0.717) is 16.3 Å². The van der Waals surface area contributed by atoms with Crippen LogP contribution in [0, 0.1) is 6.92 Å². The van der Waals surface area contributed by atoms with Crippen molar-refractivity contribution < 1.29 is 0 Å². The van der Waals surface area contributed by atoms with Gasteiger partial charge in [-0.2, -0.15) is 0 Å². The van der Waals surface area contributed by atoms with Crippen LogP contribution in [0.15, 0.2) is 58.3 Å². The van der Waals surface area contributed by atoms with Gasteiger partial charge in [0.15, 0.2) is 0 Å². The van der Waals surface area contributed by atoms with Gasteiger partial charge in [0, 0.05) is 28.1 Å². The molecule has 0 amide bonds. The third-order valence-electron chi connectivity index (χ3n) is 4.04. The first-order valence-corrected chi connectivity index (χ1v) is 7.94. The summed E-state index contributed by atoms with van der Waals surface area (Å²) in [5, 5.41) is 3.70. The number of benzene rings is 2. The molecule has 1 aromatic heterocycles. The lowest BCUT2D eigenvalue weighted by atomic mass is 10.0. The highest BCUT2D eigenvalue weighted by atomic mass is 35.5. The zero-order valence-electron chi connectivity index (χ0n) is 13.0. The van der Waals surface area contributed by atoms with Crippen molar-refractivity contribution in [1.29, 1.82) is 0 Å². The Kier molecular flexibility index (Phi) is 3.47. The number of fused-ring (bicyclic) bond motifs is 1. The number of hydrogen-bond donors (Lipinski definition) is 1. The normalized spacial score (nSPS) is 14.3. The van der Waals surface area contributed by atoms with E-state index in [1.165, 1.54) is 4.68 Å². The lowest BCUT2D eigenvalue weighted by molar-refractivity contribution is 0.835. The summed E-state index contributed by atoms with van der Waals surface area (Å²) in [6, 6.07) is 15.1. The van der Waals surface area contributed by atoms with Crippen LogP contribution in [0.3, 0.4) is 0 Å². The summed E-state index contributed by atoms with van der Waals surface area (Å²) in [4.78, 5) is 17.2. The number of allylic oxidation sites excluding steroid dienone is 1. The number of aromatic amines is 1. The lowest BCUT2D eigenvalue weighted by Crippen LogP contribution is -2.15. The van der Waals surface area contributed by atoms with E-state index in [1.807, 2.05) is 49.4 Å². The first-order valence-electron chi connectivity index (χ1n) is 7.56. The average Bonchev–Trinajstić information content (AvgIpc) is 3.11. The quantitative estimate of drug-likeness (QED) is 0.742. The Balaban J connectivity index is 1.83. The summed E-state index contributed by atoms with van der Waals surface area (Å²) in [5.41, 5.74) is 4.90. The molecule has 0 fully saturated rings. The van der Waals surface area contributed by atoms with Crippen molar-refractivity contribution in [3.8, 4) is 5.69 Å². The predicted molar refractivity (Wildman–Crippen MR) is 98.6 cm³/mol. The van der Waals surface area contributed by atoms with Crippen LogP contribution in [0.2, 0.25) is 5.02 Å². The number of aromatic nitrogens is 2. The summed E-state index contributed by atoms with van der Waals surface area (Å²) in [7, 11) is 0. The maximum Gasteiger partial charge on any atom is 0.278 e. The van der Waals surface area contributed by atoms with Gasteiger partial charge >= 0.3 is 0 Å². The van der Waals surface area contributed by atoms with Crippen molar-refractivity contribution in [3.05, 3.63) is 80.7 Å². The highest BCUT2D eigenvalue weighted by molar-refractivity contribution is 6.30. The Labute approximate surface area is 143 Å². The molecule has 24 heavy (non-hydrogen) atoms. The number of rotatable bonds is 2. The molecule has 0 aliphatic carbocycles. The molecule has 2 heterocycles. The van der Waals surface area contributed by atoms with Gasteiger partial charge in [0.05, 0.1) is 16.9 Å². The van der Waals surface area contributed by atoms with Crippen LogP contribution in [0.4, 0.5) is 5.69 Å². The fourth-order valence-corrected chi connectivity index (χ4v) is 3.02. The highest BCUT2D eigenvalue weighted by Gasteiger charge is 2.15. The molecule has 1 N–H and O–H groups in total. The lowest BCUT2D eigenvalue weighted by Gasteiger charge is -2.01. The van der Waals surface area contributed by atoms with E-state index in [0.717, 1.165) is 22.5 Å². The monoisotopic (exact) mass is 335 g/mol. The molecule has 2 aromatic carbocycles. The van der Waals surface area contributed by atoms with Gasteiger partial charge in [-0.05, 0) is 37.3 Å². The molecule has 0 saturated heterocycles. The van der Waals surface area contributed by atoms with Gasteiger partial charge in [-0.25, -0.2) is 4.68 Å². The van der Waals surface area contributed by atoms with Crippen LogP contribution in [-0.2, 0) is 0 Å². The number of nitrogens with zero attached hydrogens (tertiary/aromatic N) is 2. The number of H-pyrrole nitrogens is 1. The minimum Gasteiger partial charge on any atom is -0.295 e. The Bertz CT molecular complexity index is 1060. The molecule has 0 radical (unpaired) electrons. The third kappa shape index (κ3) is 2.41. The molecular formula is C19H14ClN3O. The number of hydrogen-bond acceptors (Lipinski definition) is 2. The second-order valence-electron chi connectivity index (χ2n) is 5.65. The summed E-state index contributed by atoms with van der Waals surface area (Å²) in [5.74, 6) is 0. The standard InChI is InChI=1S/C19H14ClN3O/c1-12-17(9-13-11-21-18-8-3-2-7-16(13)18)19(24)23(22-12)15-6-4-5-14(20)10-15/h2-11,22H,1H3/b13-9-. The van der Waals surface area contributed by atoms with Crippen molar-refractivity contribution in [2.24, 2.45) is 4.99 Å². The highest BCUT2D eigenvalue weighted by Crippen LogP contribution is 2.32. The molecule has 0 spiro atoms. The van der Waals surface area contributed by atoms with Gasteiger partial charge in [-0.1, -0.05) is 35.9 Å². The molecule has 4 rings (SSSR count). The molecule has 5 heteroatoms. The second kappa shape index (κ2) is 5.65. The van der Waals surface area contributed by atoms with Crippen molar-refractivity contribution in [1.82, 2.24) is 9.78 Å². The fraction of sp³-hybridized carbons (Fsp3) is 0.0526. The zero-order valence-corrected chi connectivity index (χ0v) is 13.7. The number of para-hydroxylation sites is 1. The van der Waals surface area contributed by atoms with E-state index in [2.05, 4.69) is 10.1 Å². The van der Waals surface area contributed by atoms with Crippen LogP contribution in [0.5, 0.6) is 0 Å². The number of aryl methyl sites for hydroxylation is 1. The Morgan fingerprint density at radius 3 is 2.83 bits per heavy atom. The zero-order chi connectivity index (χ0) is 16.7. The van der Waals surface area contributed by atoms with Crippen LogP contribution < -0.4 is 5.56 Å². The number of nitrogens with one attached hydrogen (secondary N) is 1. The topological polar surface area (TPSA) is 50.1 Å². The van der Waals surface area contributed by atoms with E-state index < -0.39 is 0 Å². The Hall–Kier alpha value is -2.85. The molecule has 0 unspecified atom stereocenters. The predicted octanol–water partition coefficient (Wildman–Crippen LogP) is 4.38. The smallest absolute Gasteiger partial charge is 0.278 e. The van der Waals surface area contributed by atoms with Crippen LogP contribution >= 0.6 is 11.6 Å². The van der Waals surface area contributed by atoms with Crippen LogP contribution in [-0.4, -0.2) is 16.0 Å². The van der Waals surface area contributed by atoms with E-state index in [1.54, 1.807) is 18.3 Å². The fourth-order valence-electron chi connectivity index (χ4n) is 2.84. The van der Waals surface area contributed by atoms with Gasteiger partial charge in [-0.3, -0.25) is 14.9 Å². The first-order chi connectivity index (χ1) is 11.6. The molecule has 1 aliphatic heterocycles. The van der Waals surface area contributed by atoms with Gasteiger partial charge < -0.3 is 0 Å². The summed E-state index contributed by atoms with van der Waals surface area (Å²) in [6.45, 7) is 1.88. The summed E-state index contributed by atoms with van der Waals surface area (Å²) >= 11 is 6.03. The molecule has 0 bridgehead atoms. The molecule has 0 atom stereocenters.